The molecule has 1 saturated heterocycles. The zero-order valence-electron chi connectivity index (χ0n) is 6.83. The van der Waals surface area contributed by atoms with Gasteiger partial charge < -0.3 is 14.7 Å². The van der Waals surface area contributed by atoms with Crippen LogP contribution < -0.4 is 56.5 Å². The molecule has 1 heterocycles. The molecule has 0 N–H and O–H groups in total. The molecule has 4 heteroatoms. The van der Waals surface area contributed by atoms with Crippen molar-refractivity contribution < 1.29 is 61.2 Å². The van der Waals surface area contributed by atoms with Gasteiger partial charge in [0, 0.05) is 13.7 Å². The van der Waals surface area contributed by atoms with Crippen LogP contribution in [0, 0.1) is 0 Å². The van der Waals surface area contributed by atoms with E-state index in [0.717, 1.165) is 6.54 Å². The molecule has 2 atom stereocenters. The molecule has 1 fully saturated rings. The summed E-state index contributed by atoms with van der Waals surface area (Å²) in [6, 6.07) is 0. The van der Waals surface area contributed by atoms with Crippen LogP contribution in [0.2, 0.25) is 0 Å². The van der Waals surface area contributed by atoms with E-state index in [0.29, 0.717) is 6.54 Å². The van der Waals surface area contributed by atoms with Crippen LogP contribution in [0.15, 0.2) is 0 Å². The van der Waals surface area contributed by atoms with Gasteiger partial charge in [0.25, 0.3) is 0 Å². The van der Waals surface area contributed by atoms with E-state index >= 15 is 0 Å². The van der Waals surface area contributed by atoms with Gasteiger partial charge in [-0.05, 0) is 13.6 Å². The van der Waals surface area contributed by atoms with E-state index in [4.69, 9.17) is 4.74 Å². The number of hydrogen-bond acceptors (Lipinski definition) is 3. The Morgan fingerprint density at radius 2 is 2.10 bits per heavy atom. The maximum atomic E-state index is 10.9. The molecule has 0 radical (unpaired) electrons. The molecule has 54 valence electrons. The molecular formula is C6H12KNO2. The zero-order chi connectivity index (χ0) is 6.85. The second-order valence-electron chi connectivity index (χ2n) is 2.53. The number of rotatable bonds is 1. The number of likely N-dealkylation sites (N-methyl/N-ethyl adjacent to an activating group) is 1. The number of hydrogen-bond donors (Lipinski definition) is 0. The normalized spacial score (nSPS) is 33.9. The number of likely N-dealkylation sites (tertiary alicyclic amines) is 1. The molecule has 1 aliphatic heterocycles. The Morgan fingerprint density at radius 3 is 2.30 bits per heavy atom. The molecule has 0 bridgehead atoms. The van der Waals surface area contributed by atoms with Crippen LogP contribution in [0.4, 0.5) is 0 Å². The van der Waals surface area contributed by atoms with Crippen LogP contribution in [-0.4, -0.2) is 44.4 Å². The van der Waals surface area contributed by atoms with Crippen LogP contribution in [0.3, 0.4) is 0 Å². The summed E-state index contributed by atoms with van der Waals surface area (Å²) in [6.45, 7) is 1.41. The minimum atomic E-state index is -0.542. The average Bonchev–Trinajstić information content (AvgIpc) is 2.10. The Kier molecular flexibility index (Phi) is 6.00. The first-order chi connectivity index (χ1) is 4.24. The Morgan fingerprint density at radius 1 is 1.50 bits per heavy atom. The molecule has 1 rings (SSSR count). The van der Waals surface area contributed by atoms with E-state index in [1.807, 2.05) is 11.9 Å². The monoisotopic (exact) mass is 169 g/mol. The first-order valence-electron chi connectivity index (χ1n) is 3.11. The summed E-state index contributed by atoms with van der Waals surface area (Å²) in [5.41, 5.74) is 0. The van der Waals surface area contributed by atoms with Crippen LogP contribution in [-0.2, 0) is 4.74 Å². The van der Waals surface area contributed by atoms with Gasteiger partial charge in [0.15, 0.2) is 0 Å². The predicted octanol–water partition coefficient (Wildman–Crippen LogP) is -4.32. The third-order valence-corrected chi connectivity index (χ3v) is 1.70. The Hall–Kier alpha value is 1.52. The van der Waals surface area contributed by atoms with E-state index < -0.39 is 6.10 Å². The fourth-order valence-corrected chi connectivity index (χ4v) is 1.15. The summed E-state index contributed by atoms with van der Waals surface area (Å²) in [4.78, 5) is 1.99. The summed E-state index contributed by atoms with van der Waals surface area (Å²) >= 11 is 0. The van der Waals surface area contributed by atoms with Gasteiger partial charge in [0.2, 0.25) is 0 Å². The second kappa shape index (κ2) is 5.21. The number of nitrogens with zero attached hydrogens (tertiary/aromatic N) is 1. The zero-order valence-corrected chi connectivity index (χ0v) is 9.96. The molecule has 0 aromatic rings. The van der Waals surface area contributed by atoms with Gasteiger partial charge in [0.05, 0.1) is 6.10 Å². The van der Waals surface area contributed by atoms with E-state index in [9.17, 15) is 5.11 Å². The topological polar surface area (TPSA) is 35.5 Å². The molecule has 0 aliphatic carbocycles. The largest absolute Gasteiger partial charge is 1.00 e. The van der Waals surface area contributed by atoms with Crippen molar-refractivity contribution in [3.8, 4) is 0 Å². The molecule has 10 heavy (non-hydrogen) atoms. The number of methoxy groups -OCH3 is 1. The van der Waals surface area contributed by atoms with Crippen molar-refractivity contribution in [2.24, 2.45) is 0 Å². The Balaban J connectivity index is 0.000000810. The first-order valence-corrected chi connectivity index (χ1v) is 3.11. The molecule has 0 saturated carbocycles. The van der Waals surface area contributed by atoms with Gasteiger partial charge in [-0.3, -0.25) is 0 Å². The van der Waals surface area contributed by atoms with Crippen molar-refractivity contribution in [1.82, 2.24) is 4.90 Å². The minimum absolute atomic E-state index is 0. The predicted molar refractivity (Wildman–Crippen MR) is 32.1 cm³/mol. The molecule has 2 unspecified atom stereocenters. The maximum absolute atomic E-state index is 10.9. The van der Waals surface area contributed by atoms with Gasteiger partial charge in [-0.1, -0.05) is 6.10 Å². The van der Waals surface area contributed by atoms with Gasteiger partial charge in [0.1, 0.15) is 0 Å². The van der Waals surface area contributed by atoms with Crippen molar-refractivity contribution in [3.05, 3.63) is 0 Å². The second-order valence-corrected chi connectivity index (χ2v) is 2.53. The smallest absolute Gasteiger partial charge is 0.849 e. The number of ether oxygens (including phenoxy) is 1. The molecule has 0 aromatic carbocycles. The quantitative estimate of drug-likeness (QED) is 0.372. The summed E-state index contributed by atoms with van der Waals surface area (Å²) < 4.78 is 4.94. The van der Waals surface area contributed by atoms with Gasteiger partial charge in [-0.25, -0.2) is 0 Å². The molecule has 0 aromatic heterocycles. The average molecular weight is 169 g/mol. The van der Waals surface area contributed by atoms with Gasteiger partial charge in [-0.15, -0.1) is 0 Å². The third kappa shape index (κ3) is 2.87. The minimum Gasteiger partial charge on any atom is -0.849 e. The van der Waals surface area contributed by atoms with Gasteiger partial charge in [-0.2, -0.15) is 0 Å². The molecule has 1 aliphatic rings. The summed E-state index contributed by atoms with van der Waals surface area (Å²) in [5.74, 6) is 0. The Bertz CT molecular complexity index is 102. The van der Waals surface area contributed by atoms with Crippen LogP contribution in [0.25, 0.3) is 0 Å². The third-order valence-electron chi connectivity index (χ3n) is 1.70. The SMILES string of the molecule is COC1CN(C)CC1[O-].[K+]. The van der Waals surface area contributed by atoms with E-state index in [2.05, 4.69) is 0 Å². The van der Waals surface area contributed by atoms with Crippen molar-refractivity contribution >= 4 is 0 Å². The van der Waals surface area contributed by atoms with Crippen LogP contribution in [0.5, 0.6) is 0 Å². The van der Waals surface area contributed by atoms with Gasteiger partial charge >= 0.3 is 51.4 Å². The van der Waals surface area contributed by atoms with E-state index in [1.165, 1.54) is 0 Å². The fourth-order valence-electron chi connectivity index (χ4n) is 1.15. The van der Waals surface area contributed by atoms with Crippen LogP contribution in [0.1, 0.15) is 0 Å². The summed E-state index contributed by atoms with van der Waals surface area (Å²) in [5, 5.41) is 10.9. The first kappa shape index (κ1) is 11.5. The standard InChI is InChI=1S/C6H12NO2.K/c1-7-3-5(8)6(4-7)9-2;/h5-6H,3-4H2,1-2H3;/q-1;+1. The van der Waals surface area contributed by atoms with E-state index in [1.54, 1.807) is 7.11 Å². The Labute approximate surface area is 104 Å². The fraction of sp³-hybridized carbons (Fsp3) is 1.00. The molecule has 0 spiro atoms. The van der Waals surface area contributed by atoms with Crippen LogP contribution >= 0.6 is 0 Å². The maximum Gasteiger partial charge on any atom is 1.00 e. The van der Waals surface area contributed by atoms with E-state index in [-0.39, 0.29) is 57.5 Å². The van der Waals surface area contributed by atoms with Crippen molar-refractivity contribution in [2.45, 2.75) is 12.2 Å². The van der Waals surface area contributed by atoms with Crippen molar-refractivity contribution in [1.29, 1.82) is 0 Å². The summed E-state index contributed by atoms with van der Waals surface area (Å²) in [6.07, 6.45) is -0.630. The van der Waals surface area contributed by atoms with Crippen molar-refractivity contribution in [2.75, 3.05) is 27.2 Å². The van der Waals surface area contributed by atoms with Crippen molar-refractivity contribution in [3.63, 3.8) is 0 Å². The molecule has 0 amide bonds. The summed E-state index contributed by atoms with van der Waals surface area (Å²) in [7, 11) is 3.53. The molecule has 3 nitrogen and oxygen atoms in total. The molecular weight excluding hydrogens is 157 g/mol.